The number of hydrogen-bond donors (Lipinski definition) is 2. The predicted molar refractivity (Wildman–Crippen MR) is 85.4 cm³/mol. The number of H-pyrrole nitrogens is 1. The maximum atomic E-state index is 12.6. The van der Waals surface area contributed by atoms with Crippen LogP contribution in [0.25, 0.3) is 0 Å². The van der Waals surface area contributed by atoms with E-state index in [1.807, 2.05) is 12.1 Å². The van der Waals surface area contributed by atoms with Gasteiger partial charge in [-0.2, -0.15) is 5.10 Å². The van der Waals surface area contributed by atoms with Crippen LogP contribution in [0.4, 0.5) is 5.69 Å². The lowest BCUT2D eigenvalue weighted by Gasteiger charge is -2.23. The van der Waals surface area contributed by atoms with Crippen LogP contribution >= 0.6 is 15.9 Å². The van der Waals surface area contributed by atoms with Gasteiger partial charge in [-0.1, -0.05) is 15.9 Å². The molecule has 0 bridgehead atoms. The third-order valence-electron chi connectivity index (χ3n) is 3.67. The highest BCUT2D eigenvalue weighted by atomic mass is 79.9. The average Bonchev–Trinajstić information content (AvgIpc) is 3.18. The number of amides is 2. The molecule has 1 aliphatic rings. The van der Waals surface area contributed by atoms with Gasteiger partial charge in [0.15, 0.2) is 0 Å². The Labute approximate surface area is 136 Å². The van der Waals surface area contributed by atoms with Crippen LogP contribution in [0.3, 0.4) is 0 Å². The lowest BCUT2D eigenvalue weighted by molar-refractivity contribution is -0.119. The minimum absolute atomic E-state index is 0.114. The number of likely N-dealkylation sites (tertiary alicyclic amines) is 1. The third kappa shape index (κ3) is 3.04. The van der Waals surface area contributed by atoms with Crippen molar-refractivity contribution in [3.05, 3.63) is 46.7 Å². The summed E-state index contributed by atoms with van der Waals surface area (Å²) in [5, 5.41) is 9.20. The maximum Gasteiger partial charge on any atom is 0.254 e. The highest BCUT2D eigenvalue weighted by Crippen LogP contribution is 2.22. The first-order chi connectivity index (χ1) is 10.6. The number of carbonyl (C=O) groups is 2. The van der Waals surface area contributed by atoms with Crippen molar-refractivity contribution in [1.82, 2.24) is 15.1 Å². The molecule has 1 aromatic carbocycles. The molecule has 3 rings (SSSR count). The molecule has 7 heteroatoms. The van der Waals surface area contributed by atoms with E-state index in [9.17, 15) is 9.59 Å². The third-order valence-corrected chi connectivity index (χ3v) is 4.20. The Morgan fingerprint density at radius 3 is 2.77 bits per heavy atom. The molecular formula is C15H15BrN4O2. The van der Waals surface area contributed by atoms with Crippen LogP contribution in [-0.2, 0) is 4.79 Å². The zero-order valence-corrected chi connectivity index (χ0v) is 13.3. The van der Waals surface area contributed by atoms with E-state index in [1.165, 1.54) is 6.20 Å². The van der Waals surface area contributed by atoms with Gasteiger partial charge in [0.1, 0.15) is 6.04 Å². The molecule has 2 amide bonds. The van der Waals surface area contributed by atoms with Gasteiger partial charge in [0, 0.05) is 22.8 Å². The standard InChI is InChI=1S/C15H15BrN4O2/c16-11-5-3-10(4-6-11)15(22)20-7-1-2-13(20)14(21)19-12-8-17-18-9-12/h3-6,8-9,13H,1-2,7H2,(H,17,18)(H,19,21)/t13-/m0/s1. The van der Waals surface area contributed by atoms with E-state index >= 15 is 0 Å². The first kappa shape index (κ1) is 14.8. The van der Waals surface area contributed by atoms with Crippen molar-refractivity contribution in [2.75, 3.05) is 11.9 Å². The van der Waals surface area contributed by atoms with Crippen molar-refractivity contribution in [2.24, 2.45) is 0 Å². The second-order valence-electron chi connectivity index (χ2n) is 5.14. The monoisotopic (exact) mass is 362 g/mol. The molecule has 0 spiro atoms. The number of hydrogen-bond acceptors (Lipinski definition) is 3. The summed E-state index contributed by atoms with van der Waals surface area (Å²) in [4.78, 5) is 26.6. The van der Waals surface area contributed by atoms with Gasteiger partial charge in [0.2, 0.25) is 5.91 Å². The number of rotatable bonds is 3. The molecular weight excluding hydrogens is 348 g/mol. The smallest absolute Gasteiger partial charge is 0.254 e. The van der Waals surface area contributed by atoms with Gasteiger partial charge in [0.25, 0.3) is 5.91 Å². The number of aromatic nitrogens is 2. The summed E-state index contributed by atoms with van der Waals surface area (Å²) < 4.78 is 0.916. The first-order valence-electron chi connectivity index (χ1n) is 7.01. The number of aromatic amines is 1. The van der Waals surface area contributed by atoms with Crippen LogP contribution in [0.2, 0.25) is 0 Å². The summed E-state index contributed by atoms with van der Waals surface area (Å²) in [5.74, 6) is -0.290. The average molecular weight is 363 g/mol. The Morgan fingerprint density at radius 1 is 1.32 bits per heavy atom. The van der Waals surface area contributed by atoms with E-state index < -0.39 is 6.04 Å². The molecule has 0 radical (unpaired) electrons. The molecule has 1 aromatic heterocycles. The summed E-state index contributed by atoms with van der Waals surface area (Å²) in [5.41, 5.74) is 1.19. The summed E-state index contributed by atoms with van der Waals surface area (Å²) in [6.45, 7) is 0.596. The van der Waals surface area contributed by atoms with Crippen molar-refractivity contribution in [1.29, 1.82) is 0 Å². The van der Waals surface area contributed by atoms with Crippen molar-refractivity contribution in [3.63, 3.8) is 0 Å². The molecule has 1 atom stereocenters. The molecule has 0 unspecified atom stereocenters. The van der Waals surface area contributed by atoms with E-state index in [2.05, 4.69) is 31.4 Å². The first-order valence-corrected chi connectivity index (χ1v) is 7.80. The maximum absolute atomic E-state index is 12.6. The van der Waals surface area contributed by atoms with Crippen molar-refractivity contribution in [2.45, 2.75) is 18.9 Å². The lowest BCUT2D eigenvalue weighted by Crippen LogP contribution is -2.43. The highest BCUT2D eigenvalue weighted by molar-refractivity contribution is 9.10. The zero-order valence-electron chi connectivity index (χ0n) is 11.8. The van der Waals surface area contributed by atoms with Crippen LogP contribution < -0.4 is 5.32 Å². The van der Waals surface area contributed by atoms with E-state index in [1.54, 1.807) is 23.2 Å². The van der Waals surface area contributed by atoms with E-state index in [-0.39, 0.29) is 11.8 Å². The molecule has 1 aliphatic heterocycles. The fraction of sp³-hybridized carbons (Fsp3) is 0.267. The number of nitrogens with zero attached hydrogens (tertiary/aromatic N) is 2. The quantitative estimate of drug-likeness (QED) is 0.879. The van der Waals surface area contributed by atoms with Crippen molar-refractivity contribution < 1.29 is 9.59 Å². The fourth-order valence-corrected chi connectivity index (χ4v) is 2.85. The summed E-state index contributed by atoms with van der Waals surface area (Å²) >= 11 is 3.35. The Morgan fingerprint density at radius 2 is 2.09 bits per heavy atom. The van der Waals surface area contributed by atoms with Crippen molar-refractivity contribution in [3.8, 4) is 0 Å². The molecule has 2 heterocycles. The second-order valence-corrected chi connectivity index (χ2v) is 6.06. The van der Waals surface area contributed by atoms with Crippen LogP contribution in [0.1, 0.15) is 23.2 Å². The second kappa shape index (κ2) is 6.31. The van der Waals surface area contributed by atoms with Crippen LogP contribution in [0.15, 0.2) is 41.1 Å². The Hall–Kier alpha value is -2.15. The number of carbonyl (C=O) groups excluding carboxylic acids is 2. The normalized spacial score (nSPS) is 17.5. The van der Waals surface area contributed by atoms with Gasteiger partial charge in [-0.25, -0.2) is 0 Å². The van der Waals surface area contributed by atoms with E-state index in [0.717, 1.165) is 10.9 Å². The number of anilines is 1. The van der Waals surface area contributed by atoms with Crippen molar-refractivity contribution >= 4 is 33.4 Å². The SMILES string of the molecule is O=C(Nc1cn[nH]c1)[C@@H]1CCCN1C(=O)c1ccc(Br)cc1. The summed E-state index contributed by atoms with van der Waals surface area (Å²) in [6, 6.07) is 6.73. The van der Waals surface area contributed by atoms with E-state index in [4.69, 9.17) is 0 Å². The van der Waals surface area contributed by atoms with Gasteiger partial charge in [-0.05, 0) is 37.1 Å². The summed E-state index contributed by atoms with van der Waals surface area (Å²) in [6.07, 6.45) is 4.64. The molecule has 114 valence electrons. The number of benzene rings is 1. The van der Waals surface area contributed by atoms with Crippen LogP contribution in [0, 0.1) is 0 Å². The molecule has 1 fully saturated rings. The molecule has 2 N–H and O–H groups in total. The Bertz CT molecular complexity index is 669. The molecule has 0 saturated carbocycles. The minimum Gasteiger partial charge on any atom is -0.327 e. The predicted octanol–water partition coefficient (Wildman–Crippen LogP) is 2.42. The van der Waals surface area contributed by atoms with Gasteiger partial charge >= 0.3 is 0 Å². The molecule has 0 aliphatic carbocycles. The van der Waals surface area contributed by atoms with Gasteiger partial charge < -0.3 is 10.2 Å². The minimum atomic E-state index is -0.439. The number of nitrogens with one attached hydrogen (secondary N) is 2. The molecule has 6 nitrogen and oxygen atoms in total. The molecule has 2 aromatic rings. The van der Waals surface area contributed by atoms with Gasteiger partial charge in [-0.3, -0.25) is 14.7 Å². The highest BCUT2D eigenvalue weighted by Gasteiger charge is 2.34. The lowest BCUT2D eigenvalue weighted by atomic mass is 10.1. The summed E-state index contributed by atoms with van der Waals surface area (Å²) in [7, 11) is 0. The fourth-order valence-electron chi connectivity index (χ4n) is 2.59. The molecule has 22 heavy (non-hydrogen) atoms. The van der Waals surface area contributed by atoms with Gasteiger partial charge in [0.05, 0.1) is 11.9 Å². The Kier molecular flexibility index (Phi) is 4.24. The van der Waals surface area contributed by atoms with E-state index in [0.29, 0.717) is 24.2 Å². The van der Waals surface area contributed by atoms with Gasteiger partial charge in [-0.15, -0.1) is 0 Å². The van der Waals surface area contributed by atoms with Crippen LogP contribution in [-0.4, -0.2) is 39.5 Å². The Balaban J connectivity index is 1.73. The van der Waals surface area contributed by atoms with Crippen LogP contribution in [0.5, 0.6) is 0 Å². The number of halogens is 1. The topological polar surface area (TPSA) is 78.1 Å². The molecule has 1 saturated heterocycles. The largest absolute Gasteiger partial charge is 0.327 e. The zero-order chi connectivity index (χ0) is 15.5.